The molecule has 1 unspecified atom stereocenters. The SMILES string of the molecule is FC1C=C2CCCCC2=CC1. The van der Waals surface area contributed by atoms with Gasteiger partial charge in [0.25, 0.3) is 0 Å². The van der Waals surface area contributed by atoms with Crippen LogP contribution in [0.15, 0.2) is 23.3 Å². The summed E-state index contributed by atoms with van der Waals surface area (Å²) in [4.78, 5) is 0. The summed E-state index contributed by atoms with van der Waals surface area (Å²) < 4.78 is 12.8. The molecule has 0 heterocycles. The van der Waals surface area contributed by atoms with E-state index in [1.807, 2.05) is 6.08 Å². The number of rotatable bonds is 0. The highest BCUT2D eigenvalue weighted by Crippen LogP contribution is 2.32. The fraction of sp³-hybridized carbons (Fsp3) is 0.600. The highest BCUT2D eigenvalue weighted by Gasteiger charge is 2.17. The summed E-state index contributed by atoms with van der Waals surface area (Å²) in [6, 6.07) is 0. The van der Waals surface area contributed by atoms with Crippen LogP contribution in [0.1, 0.15) is 32.1 Å². The van der Waals surface area contributed by atoms with Gasteiger partial charge in [0.15, 0.2) is 0 Å². The lowest BCUT2D eigenvalue weighted by molar-refractivity contribution is 0.395. The monoisotopic (exact) mass is 152 g/mol. The van der Waals surface area contributed by atoms with Crippen molar-refractivity contribution in [3.8, 4) is 0 Å². The van der Waals surface area contributed by atoms with Crippen LogP contribution in [0.5, 0.6) is 0 Å². The van der Waals surface area contributed by atoms with Gasteiger partial charge in [-0.2, -0.15) is 0 Å². The predicted molar refractivity (Wildman–Crippen MR) is 44.1 cm³/mol. The van der Waals surface area contributed by atoms with E-state index in [1.165, 1.54) is 30.4 Å². The molecule has 0 amide bonds. The molecule has 0 N–H and O–H groups in total. The molecular formula is C10H13F. The van der Waals surface area contributed by atoms with E-state index in [4.69, 9.17) is 0 Å². The van der Waals surface area contributed by atoms with E-state index in [0.717, 1.165) is 6.42 Å². The molecule has 0 radical (unpaired) electrons. The van der Waals surface area contributed by atoms with Gasteiger partial charge >= 0.3 is 0 Å². The summed E-state index contributed by atoms with van der Waals surface area (Å²) in [5, 5.41) is 0. The molecule has 2 aliphatic carbocycles. The van der Waals surface area contributed by atoms with Crippen LogP contribution in [0.4, 0.5) is 4.39 Å². The van der Waals surface area contributed by atoms with Crippen LogP contribution in [-0.2, 0) is 0 Å². The van der Waals surface area contributed by atoms with E-state index >= 15 is 0 Å². The quantitative estimate of drug-likeness (QED) is 0.500. The van der Waals surface area contributed by atoms with Crippen LogP contribution in [0.25, 0.3) is 0 Å². The van der Waals surface area contributed by atoms with Crippen LogP contribution in [0.3, 0.4) is 0 Å². The Labute approximate surface area is 66.8 Å². The third kappa shape index (κ3) is 1.37. The van der Waals surface area contributed by atoms with Crippen LogP contribution in [-0.4, -0.2) is 6.17 Å². The van der Waals surface area contributed by atoms with Gasteiger partial charge in [0.05, 0.1) is 0 Å². The van der Waals surface area contributed by atoms with E-state index in [-0.39, 0.29) is 0 Å². The number of allylic oxidation sites excluding steroid dienone is 4. The van der Waals surface area contributed by atoms with Crippen LogP contribution < -0.4 is 0 Å². The second-order valence-electron chi connectivity index (χ2n) is 3.38. The topological polar surface area (TPSA) is 0 Å². The van der Waals surface area contributed by atoms with Gasteiger partial charge in [-0.15, -0.1) is 0 Å². The molecule has 11 heavy (non-hydrogen) atoms. The van der Waals surface area contributed by atoms with E-state index < -0.39 is 6.17 Å². The Morgan fingerprint density at radius 2 is 1.91 bits per heavy atom. The summed E-state index contributed by atoms with van der Waals surface area (Å²) in [7, 11) is 0. The highest BCUT2D eigenvalue weighted by molar-refractivity contribution is 5.36. The summed E-state index contributed by atoms with van der Waals surface area (Å²) >= 11 is 0. The molecule has 2 rings (SSSR count). The second kappa shape index (κ2) is 2.80. The van der Waals surface area contributed by atoms with Crippen molar-refractivity contribution in [1.82, 2.24) is 0 Å². The third-order valence-electron chi connectivity index (χ3n) is 2.53. The third-order valence-corrected chi connectivity index (χ3v) is 2.53. The Hall–Kier alpha value is -0.590. The van der Waals surface area contributed by atoms with Crippen molar-refractivity contribution in [3.63, 3.8) is 0 Å². The Kier molecular flexibility index (Phi) is 1.80. The van der Waals surface area contributed by atoms with Gasteiger partial charge in [-0.05, 0) is 42.9 Å². The first kappa shape index (κ1) is 7.08. The number of alkyl halides is 1. The number of hydrogen-bond acceptors (Lipinski definition) is 0. The zero-order valence-electron chi connectivity index (χ0n) is 6.65. The van der Waals surface area contributed by atoms with E-state index in [2.05, 4.69) is 6.08 Å². The molecule has 0 aromatic rings. The van der Waals surface area contributed by atoms with E-state index in [9.17, 15) is 4.39 Å². The number of halogens is 1. The highest BCUT2D eigenvalue weighted by atomic mass is 19.1. The molecule has 0 aromatic heterocycles. The first-order valence-corrected chi connectivity index (χ1v) is 4.40. The van der Waals surface area contributed by atoms with Gasteiger partial charge < -0.3 is 0 Å². The maximum absolute atomic E-state index is 12.8. The Morgan fingerprint density at radius 3 is 2.73 bits per heavy atom. The maximum Gasteiger partial charge on any atom is 0.122 e. The van der Waals surface area contributed by atoms with Gasteiger partial charge in [-0.3, -0.25) is 0 Å². The zero-order chi connectivity index (χ0) is 7.68. The second-order valence-corrected chi connectivity index (χ2v) is 3.38. The molecule has 0 aromatic carbocycles. The van der Waals surface area contributed by atoms with E-state index in [0.29, 0.717) is 6.42 Å². The van der Waals surface area contributed by atoms with Crippen molar-refractivity contribution in [3.05, 3.63) is 23.3 Å². The lowest BCUT2D eigenvalue weighted by Gasteiger charge is -2.22. The Balaban J connectivity index is 2.19. The zero-order valence-corrected chi connectivity index (χ0v) is 6.65. The first-order chi connectivity index (χ1) is 5.36. The van der Waals surface area contributed by atoms with Gasteiger partial charge in [0, 0.05) is 6.42 Å². The fourth-order valence-electron chi connectivity index (χ4n) is 1.92. The lowest BCUT2D eigenvalue weighted by atomic mass is 9.85. The number of fused-ring (bicyclic) bond motifs is 1. The van der Waals surface area contributed by atoms with Crippen LogP contribution in [0, 0.1) is 0 Å². The Morgan fingerprint density at radius 1 is 1.18 bits per heavy atom. The molecule has 0 spiro atoms. The van der Waals surface area contributed by atoms with Crippen molar-refractivity contribution in [2.45, 2.75) is 38.3 Å². The van der Waals surface area contributed by atoms with Crippen molar-refractivity contribution in [1.29, 1.82) is 0 Å². The molecule has 0 saturated heterocycles. The van der Waals surface area contributed by atoms with E-state index in [1.54, 1.807) is 0 Å². The van der Waals surface area contributed by atoms with Crippen molar-refractivity contribution in [2.24, 2.45) is 0 Å². The molecule has 2 aliphatic rings. The molecule has 1 heteroatoms. The normalized spacial score (nSPS) is 30.5. The maximum atomic E-state index is 12.8. The molecule has 1 atom stereocenters. The minimum absolute atomic E-state index is 0.610. The average Bonchev–Trinajstić information content (AvgIpc) is 2.04. The molecule has 0 bridgehead atoms. The molecule has 1 saturated carbocycles. The standard InChI is InChI=1S/C10H13F/c11-10-6-5-8-3-1-2-4-9(8)7-10/h5,7,10H,1-4,6H2. The largest absolute Gasteiger partial charge is 0.243 e. The Bertz CT molecular complexity index is 213. The fourth-order valence-corrected chi connectivity index (χ4v) is 1.92. The summed E-state index contributed by atoms with van der Waals surface area (Å²) in [6.45, 7) is 0. The molecule has 0 aliphatic heterocycles. The summed E-state index contributed by atoms with van der Waals surface area (Å²) in [5.74, 6) is 0. The van der Waals surface area contributed by atoms with Gasteiger partial charge in [-0.25, -0.2) is 4.39 Å². The minimum Gasteiger partial charge on any atom is -0.243 e. The van der Waals surface area contributed by atoms with Crippen molar-refractivity contribution < 1.29 is 4.39 Å². The van der Waals surface area contributed by atoms with Crippen molar-refractivity contribution in [2.75, 3.05) is 0 Å². The molecule has 0 nitrogen and oxygen atoms in total. The van der Waals surface area contributed by atoms with Crippen LogP contribution >= 0.6 is 0 Å². The van der Waals surface area contributed by atoms with Crippen molar-refractivity contribution >= 4 is 0 Å². The average molecular weight is 152 g/mol. The number of hydrogen-bond donors (Lipinski definition) is 0. The van der Waals surface area contributed by atoms with Gasteiger partial charge in [0.2, 0.25) is 0 Å². The minimum atomic E-state index is -0.702. The van der Waals surface area contributed by atoms with Crippen LogP contribution in [0.2, 0.25) is 0 Å². The first-order valence-electron chi connectivity index (χ1n) is 4.40. The summed E-state index contributed by atoms with van der Waals surface area (Å²) in [6.07, 6.45) is 8.62. The molecular weight excluding hydrogens is 139 g/mol. The molecule has 60 valence electrons. The summed E-state index contributed by atoms with van der Waals surface area (Å²) in [5.41, 5.74) is 2.71. The lowest BCUT2D eigenvalue weighted by Crippen LogP contribution is -2.08. The van der Waals surface area contributed by atoms with Gasteiger partial charge in [-0.1, -0.05) is 6.08 Å². The predicted octanol–water partition coefficient (Wildman–Crippen LogP) is 3.16. The smallest absolute Gasteiger partial charge is 0.122 e. The molecule has 1 fully saturated rings. The van der Waals surface area contributed by atoms with Gasteiger partial charge in [0.1, 0.15) is 6.17 Å².